The number of thiophene rings is 1. The van der Waals surface area contributed by atoms with Crippen molar-refractivity contribution in [3.8, 4) is 0 Å². The van der Waals surface area contributed by atoms with Gasteiger partial charge < -0.3 is 5.32 Å². The third-order valence-electron chi connectivity index (χ3n) is 2.03. The topological polar surface area (TPSA) is 29.1 Å². The number of halogens is 2. The lowest BCUT2D eigenvalue weighted by Gasteiger charge is -2.07. The molecule has 1 heterocycles. The minimum absolute atomic E-state index is 0.0870. The van der Waals surface area contributed by atoms with Gasteiger partial charge in [-0.15, -0.1) is 11.3 Å². The summed E-state index contributed by atoms with van der Waals surface area (Å²) in [5, 5.41) is 5.31. The molecule has 0 spiro atoms. The van der Waals surface area contributed by atoms with Gasteiger partial charge in [-0.05, 0) is 24.3 Å². The van der Waals surface area contributed by atoms with Crippen molar-refractivity contribution in [1.29, 1.82) is 0 Å². The van der Waals surface area contributed by atoms with Gasteiger partial charge >= 0.3 is 0 Å². The van der Waals surface area contributed by atoms with Crippen LogP contribution >= 0.6 is 38.9 Å². The second-order valence-electron chi connectivity index (χ2n) is 3.28. The smallest absolute Gasteiger partial charge is 0.262 e. The molecule has 5 heteroatoms. The predicted octanol–water partition coefficient (Wildman–Crippen LogP) is 3.61. The van der Waals surface area contributed by atoms with Gasteiger partial charge in [0, 0.05) is 11.4 Å². The average molecular weight is 311 g/mol. The lowest BCUT2D eigenvalue weighted by Crippen LogP contribution is -2.28. The van der Waals surface area contributed by atoms with E-state index in [-0.39, 0.29) is 5.91 Å². The Kier molecular flexibility index (Phi) is 5.09. The molecular formula is C10H13BrClNOS. The van der Waals surface area contributed by atoms with Crippen LogP contribution in [0.2, 0.25) is 5.02 Å². The number of rotatable bonds is 4. The maximum atomic E-state index is 11.7. The first-order valence-electron chi connectivity index (χ1n) is 4.72. The van der Waals surface area contributed by atoms with E-state index in [1.54, 1.807) is 0 Å². The summed E-state index contributed by atoms with van der Waals surface area (Å²) in [5.74, 6) is -0.0870. The van der Waals surface area contributed by atoms with Crippen molar-refractivity contribution < 1.29 is 4.79 Å². The highest BCUT2D eigenvalue weighted by molar-refractivity contribution is 9.09. The van der Waals surface area contributed by atoms with Crippen LogP contribution in [0.15, 0.2) is 5.38 Å². The quantitative estimate of drug-likeness (QED) is 0.846. The van der Waals surface area contributed by atoms with Crippen LogP contribution in [-0.2, 0) is 0 Å². The molecule has 1 aromatic rings. The molecule has 0 fully saturated rings. The highest BCUT2D eigenvalue weighted by atomic mass is 79.9. The number of hydrogen-bond donors (Lipinski definition) is 1. The van der Waals surface area contributed by atoms with Gasteiger partial charge in [-0.2, -0.15) is 0 Å². The molecule has 84 valence electrons. The van der Waals surface area contributed by atoms with Crippen LogP contribution in [-0.4, -0.2) is 17.3 Å². The lowest BCUT2D eigenvalue weighted by atomic mass is 10.3. The van der Waals surface area contributed by atoms with E-state index in [4.69, 9.17) is 11.6 Å². The van der Waals surface area contributed by atoms with Gasteiger partial charge in [0.2, 0.25) is 0 Å². The van der Waals surface area contributed by atoms with E-state index in [9.17, 15) is 4.79 Å². The number of aryl methyl sites for hydroxylation is 1. The van der Waals surface area contributed by atoms with E-state index < -0.39 is 0 Å². The largest absolute Gasteiger partial charge is 0.350 e. The molecule has 1 unspecified atom stereocenters. The maximum absolute atomic E-state index is 11.7. The minimum Gasteiger partial charge on any atom is -0.350 e. The number of alkyl halides is 1. The molecule has 2 nitrogen and oxygen atoms in total. The predicted molar refractivity (Wildman–Crippen MR) is 69.4 cm³/mol. The van der Waals surface area contributed by atoms with Gasteiger partial charge in [0.15, 0.2) is 0 Å². The molecule has 0 saturated carbocycles. The summed E-state index contributed by atoms with van der Waals surface area (Å²) in [6.45, 7) is 4.59. The molecule has 1 rings (SSSR count). The first-order chi connectivity index (χ1) is 7.06. The molecule has 0 bridgehead atoms. The number of amides is 1. The zero-order valence-electron chi connectivity index (χ0n) is 8.64. The van der Waals surface area contributed by atoms with Crippen molar-refractivity contribution in [1.82, 2.24) is 5.32 Å². The Morgan fingerprint density at radius 1 is 1.73 bits per heavy atom. The van der Waals surface area contributed by atoms with E-state index in [1.165, 1.54) is 11.3 Å². The first-order valence-corrected chi connectivity index (χ1v) is 6.89. The number of carbonyl (C=O) groups excluding carboxylic acids is 1. The Hall–Kier alpha value is -0.0600. The molecule has 1 atom stereocenters. The highest BCUT2D eigenvalue weighted by Gasteiger charge is 2.14. The van der Waals surface area contributed by atoms with E-state index in [2.05, 4.69) is 28.2 Å². The van der Waals surface area contributed by atoms with Crippen LogP contribution < -0.4 is 5.32 Å². The van der Waals surface area contributed by atoms with Crippen LogP contribution in [0, 0.1) is 6.92 Å². The van der Waals surface area contributed by atoms with Crippen LogP contribution in [0.25, 0.3) is 0 Å². The maximum Gasteiger partial charge on any atom is 0.262 e. The molecular weight excluding hydrogens is 298 g/mol. The minimum atomic E-state index is -0.0870. The van der Waals surface area contributed by atoms with E-state index in [1.807, 2.05) is 12.3 Å². The van der Waals surface area contributed by atoms with Gasteiger partial charge in [-0.1, -0.05) is 34.5 Å². The van der Waals surface area contributed by atoms with Crippen molar-refractivity contribution in [2.45, 2.75) is 25.1 Å². The number of hydrogen-bond acceptors (Lipinski definition) is 2. The second kappa shape index (κ2) is 5.87. The Morgan fingerprint density at radius 2 is 2.40 bits per heavy atom. The molecule has 1 aromatic heterocycles. The fourth-order valence-corrected chi connectivity index (χ4v) is 2.37. The summed E-state index contributed by atoms with van der Waals surface area (Å²) in [7, 11) is 0. The Bertz CT molecular complexity index is 353. The zero-order chi connectivity index (χ0) is 11.4. The van der Waals surface area contributed by atoms with Gasteiger partial charge in [0.1, 0.15) is 4.88 Å². The number of nitrogens with one attached hydrogen (secondary N) is 1. The van der Waals surface area contributed by atoms with E-state index >= 15 is 0 Å². The molecule has 0 radical (unpaired) electrons. The summed E-state index contributed by atoms with van der Waals surface area (Å²) in [6.07, 6.45) is 0.984. The highest BCUT2D eigenvalue weighted by Crippen LogP contribution is 2.26. The fourth-order valence-electron chi connectivity index (χ4n) is 1.01. The Balaban J connectivity index is 2.58. The van der Waals surface area contributed by atoms with Crippen molar-refractivity contribution in [3.05, 3.63) is 20.8 Å². The summed E-state index contributed by atoms with van der Waals surface area (Å²) < 4.78 is 0. The summed E-state index contributed by atoms with van der Waals surface area (Å²) >= 11 is 10.8. The van der Waals surface area contributed by atoms with Crippen molar-refractivity contribution in [2.24, 2.45) is 0 Å². The summed E-state index contributed by atoms with van der Waals surface area (Å²) in [5.41, 5.74) is 0.956. The van der Waals surface area contributed by atoms with Gasteiger partial charge in [0.25, 0.3) is 5.91 Å². The second-order valence-corrected chi connectivity index (χ2v) is 5.83. The van der Waals surface area contributed by atoms with Crippen molar-refractivity contribution in [2.75, 3.05) is 6.54 Å². The van der Waals surface area contributed by atoms with Crippen LogP contribution in [0.3, 0.4) is 0 Å². The van der Waals surface area contributed by atoms with Crippen molar-refractivity contribution >= 4 is 44.8 Å². The van der Waals surface area contributed by atoms with Crippen molar-refractivity contribution in [3.63, 3.8) is 0 Å². The SMILES string of the molecule is CCC(Br)CNC(=O)c1scc(C)c1Cl. The van der Waals surface area contributed by atoms with Crippen LogP contribution in [0.1, 0.15) is 28.6 Å². The van der Waals surface area contributed by atoms with Gasteiger partial charge in [-0.3, -0.25) is 4.79 Å². The van der Waals surface area contributed by atoms with Gasteiger partial charge in [-0.25, -0.2) is 0 Å². The zero-order valence-corrected chi connectivity index (χ0v) is 11.8. The average Bonchev–Trinajstić information content (AvgIpc) is 2.56. The Morgan fingerprint density at radius 3 is 2.87 bits per heavy atom. The van der Waals surface area contributed by atoms with E-state index in [0.717, 1.165) is 12.0 Å². The number of carbonyl (C=O) groups is 1. The third-order valence-corrected chi connectivity index (χ3v) is 4.70. The third kappa shape index (κ3) is 3.47. The van der Waals surface area contributed by atoms with Crippen LogP contribution in [0.5, 0.6) is 0 Å². The molecule has 0 aromatic carbocycles. The molecule has 0 saturated heterocycles. The summed E-state index contributed by atoms with van der Waals surface area (Å²) in [6, 6.07) is 0. The molecule has 1 amide bonds. The fraction of sp³-hybridized carbons (Fsp3) is 0.500. The molecule has 0 aliphatic heterocycles. The summed E-state index contributed by atoms with van der Waals surface area (Å²) in [4.78, 5) is 12.6. The van der Waals surface area contributed by atoms with Gasteiger partial charge in [0.05, 0.1) is 5.02 Å². The molecule has 0 aliphatic rings. The lowest BCUT2D eigenvalue weighted by molar-refractivity contribution is 0.0958. The van der Waals surface area contributed by atoms with E-state index in [0.29, 0.717) is 21.3 Å². The Labute approximate surface area is 107 Å². The normalized spacial score (nSPS) is 12.5. The molecule has 1 N–H and O–H groups in total. The molecule has 0 aliphatic carbocycles. The standard InChI is InChI=1S/C10H13BrClNOS/c1-3-7(11)4-13-10(14)9-8(12)6(2)5-15-9/h5,7H,3-4H2,1-2H3,(H,13,14). The first kappa shape index (κ1) is 13.0. The monoisotopic (exact) mass is 309 g/mol. The molecule has 15 heavy (non-hydrogen) atoms. The van der Waals surface area contributed by atoms with Crippen LogP contribution in [0.4, 0.5) is 0 Å².